The van der Waals surface area contributed by atoms with Crippen molar-refractivity contribution in [1.29, 1.82) is 0 Å². The van der Waals surface area contributed by atoms with E-state index in [0.29, 0.717) is 6.61 Å². The topological polar surface area (TPSA) is 29.5 Å². The Morgan fingerprint density at radius 2 is 2.75 bits per heavy atom. The zero-order chi connectivity index (χ0) is 5.98. The summed E-state index contributed by atoms with van der Waals surface area (Å²) < 4.78 is 5.10. The minimum Gasteiger partial charge on any atom is -0.392 e. The van der Waals surface area contributed by atoms with Crippen molar-refractivity contribution in [3.63, 3.8) is 0 Å². The first-order valence-electron chi connectivity index (χ1n) is 2.75. The van der Waals surface area contributed by atoms with E-state index in [1.807, 2.05) is 13.0 Å². The molecule has 2 heteroatoms. The Hall–Kier alpha value is -0.340. The molecule has 8 heavy (non-hydrogen) atoms. The van der Waals surface area contributed by atoms with E-state index in [1.54, 1.807) is 0 Å². The van der Waals surface area contributed by atoms with Crippen LogP contribution >= 0.6 is 0 Å². The van der Waals surface area contributed by atoms with Crippen molar-refractivity contribution in [2.24, 2.45) is 0 Å². The molecule has 0 aromatic carbocycles. The lowest BCUT2D eigenvalue weighted by Gasteiger charge is -1.94. The normalized spacial score (nSPS) is 28.2. The molecule has 0 saturated carbocycles. The second kappa shape index (κ2) is 2.29. The molecule has 0 aliphatic carbocycles. The van der Waals surface area contributed by atoms with Gasteiger partial charge in [0, 0.05) is 0 Å². The van der Waals surface area contributed by atoms with E-state index in [2.05, 4.69) is 0 Å². The highest BCUT2D eigenvalue weighted by Crippen LogP contribution is 2.09. The van der Waals surface area contributed by atoms with Crippen LogP contribution in [-0.2, 0) is 4.74 Å². The van der Waals surface area contributed by atoms with Crippen LogP contribution in [0.1, 0.15) is 6.92 Å². The number of aliphatic hydroxyl groups is 1. The van der Waals surface area contributed by atoms with E-state index < -0.39 is 0 Å². The van der Waals surface area contributed by atoms with Gasteiger partial charge in [-0.15, -0.1) is 0 Å². The summed E-state index contributed by atoms with van der Waals surface area (Å²) in [6.07, 6.45) is 2.15. The Labute approximate surface area is 48.8 Å². The average molecular weight is 114 g/mol. The van der Waals surface area contributed by atoms with E-state index in [9.17, 15) is 0 Å². The highest BCUT2D eigenvalue weighted by molar-refractivity contribution is 5.09. The van der Waals surface area contributed by atoms with Gasteiger partial charge in [0.2, 0.25) is 0 Å². The summed E-state index contributed by atoms with van der Waals surface area (Å²) in [5.41, 5.74) is 0.998. The summed E-state index contributed by atoms with van der Waals surface area (Å²) in [5, 5.41) is 8.54. The molecule has 0 aromatic rings. The molecule has 46 valence electrons. The van der Waals surface area contributed by atoms with Crippen molar-refractivity contribution in [2.75, 3.05) is 13.2 Å². The van der Waals surface area contributed by atoms with Crippen molar-refractivity contribution in [3.05, 3.63) is 11.6 Å². The molecular weight excluding hydrogens is 104 g/mol. The van der Waals surface area contributed by atoms with Gasteiger partial charge in [0.25, 0.3) is 0 Å². The number of hydrogen-bond acceptors (Lipinski definition) is 2. The first kappa shape index (κ1) is 5.79. The van der Waals surface area contributed by atoms with Crippen LogP contribution < -0.4 is 0 Å². The molecule has 1 rings (SSSR count). The van der Waals surface area contributed by atoms with Gasteiger partial charge in [-0.1, -0.05) is 6.08 Å². The van der Waals surface area contributed by atoms with E-state index in [1.165, 1.54) is 0 Å². The summed E-state index contributed by atoms with van der Waals surface area (Å²) in [6.45, 7) is 2.71. The molecule has 0 fully saturated rings. The van der Waals surface area contributed by atoms with Crippen molar-refractivity contribution in [2.45, 2.75) is 13.0 Å². The quantitative estimate of drug-likeness (QED) is 0.497. The Bertz CT molecular complexity index is 107. The summed E-state index contributed by atoms with van der Waals surface area (Å²) in [7, 11) is 0. The molecule has 0 spiro atoms. The van der Waals surface area contributed by atoms with Crippen LogP contribution in [0.15, 0.2) is 11.6 Å². The smallest absolute Gasteiger partial charge is 0.0736 e. The van der Waals surface area contributed by atoms with Crippen LogP contribution in [0.2, 0.25) is 0 Å². The molecule has 0 amide bonds. The monoisotopic (exact) mass is 114 g/mol. The van der Waals surface area contributed by atoms with Crippen molar-refractivity contribution in [3.8, 4) is 0 Å². The van der Waals surface area contributed by atoms with Gasteiger partial charge in [0.1, 0.15) is 0 Å². The standard InChI is InChI=1S/C6H10O2/c1-5-2-6(3-7)4-8-5/h2,5,7H,3-4H2,1H3. The number of hydrogen-bond donors (Lipinski definition) is 1. The lowest BCUT2D eigenvalue weighted by Crippen LogP contribution is -1.96. The SMILES string of the molecule is CC1C=C(CO)CO1. The van der Waals surface area contributed by atoms with Gasteiger partial charge in [0.15, 0.2) is 0 Å². The van der Waals surface area contributed by atoms with Gasteiger partial charge in [-0.05, 0) is 12.5 Å². The van der Waals surface area contributed by atoms with E-state index >= 15 is 0 Å². The Kier molecular flexibility index (Phi) is 1.65. The second-order valence-corrected chi connectivity index (χ2v) is 2.00. The molecule has 1 heterocycles. The molecule has 0 bridgehead atoms. The fourth-order valence-corrected chi connectivity index (χ4v) is 0.765. The molecule has 2 nitrogen and oxygen atoms in total. The summed E-state index contributed by atoms with van der Waals surface area (Å²) in [5.74, 6) is 0. The second-order valence-electron chi connectivity index (χ2n) is 2.00. The maximum atomic E-state index is 8.54. The van der Waals surface area contributed by atoms with Gasteiger partial charge in [-0.3, -0.25) is 0 Å². The molecule has 0 radical (unpaired) electrons. The molecule has 0 aromatic heterocycles. The predicted octanol–water partition coefficient (Wildman–Crippen LogP) is 0.324. The largest absolute Gasteiger partial charge is 0.392 e. The zero-order valence-corrected chi connectivity index (χ0v) is 4.92. The van der Waals surface area contributed by atoms with Gasteiger partial charge < -0.3 is 9.84 Å². The summed E-state index contributed by atoms with van der Waals surface area (Å²) in [6, 6.07) is 0. The van der Waals surface area contributed by atoms with Gasteiger partial charge in [-0.2, -0.15) is 0 Å². The zero-order valence-electron chi connectivity index (χ0n) is 4.92. The lowest BCUT2D eigenvalue weighted by molar-refractivity contribution is 0.135. The van der Waals surface area contributed by atoms with E-state index in [0.717, 1.165) is 5.57 Å². The fourth-order valence-electron chi connectivity index (χ4n) is 0.765. The molecule has 1 aliphatic rings. The third-order valence-corrected chi connectivity index (χ3v) is 1.21. The van der Waals surface area contributed by atoms with E-state index in [-0.39, 0.29) is 12.7 Å². The molecule has 1 N–H and O–H groups in total. The Balaban J connectivity index is 2.44. The predicted molar refractivity (Wildman–Crippen MR) is 30.6 cm³/mol. The molecular formula is C6H10O2. The average Bonchev–Trinajstić information content (AvgIpc) is 2.14. The van der Waals surface area contributed by atoms with Crippen LogP contribution in [0, 0.1) is 0 Å². The number of rotatable bonds is 1. The molecule has 1 unspecified atom stereocenters. The van der Waals surface area contributed by atoms with Crippen molar-refractivity contribution in [1.82, 2.24) is 0 Å². The number of ether oxygens (including phenoxy) is 1. The van der Waals surface area contributed by atoms with Crippen molar-refractivity contribution >= 4 is 0 Å². The van der Waals surface area contributed by atoms with Gasteiger partial charge >= 0.3 is 0 Å². The molecule has 1 atom stereocenters. The van der Waals surface area contributed by atoms with Gasteiger partial charge in [-0.25, -0.2) is 0 Å². The first-order valence-corrected chi connectivity index (χ1v) is 2.75. The minimum atomic E-state index is 0.143. The van der Waals surface area contributed by atoms with Crippen LogP contribution in [0.4, 0.5) is 0 Å². The highest BCUT2D eigenvalue weighted by Gasteiger charge is 2.08. The van der Waals surface area contributed by atoms with Crippen LogP contribution in [-0.4, -0.2) is 24.4 Å². The third-order valence-electron chi connectivity index (χ3n) is 1.21. The maximum Gasteiger partial charge on any atom is 0.0736 e. The van der Waals surface area contributed by atoms with Crippen molar-refractivity contribution < 1.29 is 9.84 Å². The third kappa shape index (κ3) is 1.08. The van der Waals surface area contributed by atoms with Gasteiger partial charge in [0.05, 0.1) is 19.3 Å². The molecule has 1 aliphatic heterocycles. The minimum absolute atomic E-state index is 0.143. The van der Waals surface area contributed by atoms with Crippen LogP contribution in [0.25, 0.3) is 0 Å². The van der Waals surface area contributed by atoms with Crippen LogP contribution in [0.5, 0.6) is 0 Å². The van der Waals surface area contributed by atoms with E-state index in [4.69, 9.17) is 9.84 Å². The Morgan fingerprint density at radius 3 is 3.00 bits per heavy atom. The molecule has 0 saturated heterocycles. The number of aliphatic hydroxyl groups excluding tert-OH is 1. The first-order chi connectivity index (χ1) is 3.83. The highest BCUT2D eigenvalue weighted by atomic mass is 16.5. The summed E-state index contributed by atoms with van der Waals surface area (Å²) in [4.78, 5) is 0. The summed E-state index contributed by atoms with van der Waals surface area (Å²) >= 11 is 0. The fraction of sp³-hybridized carbons (Fsp3) is 0.667. The maximum absolute atomic E-state index is 8.54. The lowest BCUT2D eigenvalue weighted by atomic mass is 10.3. The van der Waals surface area contributed by atoms with Crippen LogP contribution in [0.3, 0.4) is 0 Å². The Morgan fingerprint density at radius 1 is 2.00 bits per heavy atom.